The summed E-state index contributed by atoms with van der Waals surface area (Å²) in [6.07, 6.45) is 1.61. The number of fused-ring (bicyclic) bond motifs is 2. The van der Waals surface area contributed by atoms with Crippen molar-refractivity contribution < 1.29 is 23.7 Å². The average molecular weight is 718 g/mol. The number of halogens is 2. The minimum atomic E-state index is -0.843. The van der Waals surface area contributed by atoms with Gasteiger partial charge in [-0.1, -0.05) is 83.1 Å². The lowest BCUT2D eigenvalue weighted by Crippen LogP contribution is -2.40. The van der Waals surface area contributed by atoms with E-state index in [0.29, 0.717) is 53.5 Å². The number of methoxy groups -OCH3 is 1. The lowest BCUT2D eigenvalue weighted by Gasteiger charge is -2.25. The smallest absolute Gasteiger partial charge is 0.338 e. The first-order chi connectivity index (χ1) is 23.6. The van der Waals surface area contributed by atoms with Crippen LogP contribution in [0, 0.1) is 0 Å². The molecule has 0 spiro atoms. The summed E-state index contributed by atoms with van der Waals surface area (Å²) in [7, 11) is 1.54. The number of allylic oxidation sites excluding steroid dienone is 1. The lowest BCUT2D eigenvalue weighted by atomic mass is 9.95. The fourth-order valence-corrected chi connectivity index (χ4v) is 7.46. The van der Waals surface area contributed by atoms with Crippen molar-refractivity contribution in [1.82, 2.24) is 4.57 Å². The number of hydrogen-bond donors (Lipinski definition) is 0. The highest BCUT2D eigenvalue weighted by Crippen LogP contribution is 2.37. The van der Waals surface area contributed by atoms with Crippen LogP contribution in [0.3, 0.4) is 0 Å². The maximum Gasteiger partial charge on any atom is 0.338 e. The van der Waals surface area contributed by atoms with Crippen molar-refractivity contribution in [3.63, 3.8) is 0 Å². The highest BCUT2D eigenvalue weighted by molar-refractivity contribution is 7.07. The van der Waals surface area contributed by atoms with Gasteiger partial charge in [0.25, 0.3) is 5.56 Å². The molecule has 4 aromatic carbocycles. The summed E-state index contributed by atoms with van der Waals surface area (Å²) in [4.78, 5) is 32.9. The number of benzene rings is 4. The Morgan fingerprint density at radius 1 is 1.04 bits per heavy atom. The fraction of sp³-hybridized carbons (Fsp3) is 0.237. The Morgan fingerprint density at radius 2 is 1.82 bits per heavy atom. The summed E-state index contributed by atoms with van der Waals surface area (Å²) >= 11 is 14.4. The average Bonchev–Trinajstić information content (AvgIpc) is 3.37. The molecule has 0 radical (unpaired) electrons. The van der Waals surface area contributed by atoms with Crippen molar-refractivity contribution in [1.29, 1.82) is 0 Å². The number of hydrogen-bond acceptors (Lipinski definition) is 8. The van der Waals surface area contributed by atoms with Crippen molar-refractivity contribution in [2.75, 3.05) is 13.7 Å². The Morgan fingerprint density at radius 3 is 2.57 bits per heavy atom. The van der Waals surface area contributed by atoms with E-state index >= 15 is 0 Å². The van der Waals surface area contributed by atoms with Crippen molar-refractivity contribution >= 4 is 57.4 Å². The highest BCUT2D eigenvalue weighted by Gasteiger charge is 2.34. The van der Waals surface area contributed by atoms with Crippen LogP contribution in [0.4, 0.5) is 0 Å². The second-order valence-corrected chi connectivity index (χ2v) is 13.5. The predicted molar refractivity (Wildman–Crippen MR) is 194 cm³/mol. The molecule has 1 atom stereocenters. The van der Waals surface area contributed by atoms with Gasteiger partial charge in [-0.25, -0.2) is 9.79 Å². The van der Waals surface area contributed by atoms with Gasteiger partial charge in [0.15, 0.2) is 16.3 Å². The molecule has 2 heterocycles. The Kier molecular flexibility index (Phi) is 10.2. The largest absolute Gasteiger partial charge is 0.493 e. The number of aromatic nitrogens is 1. The number of carbonyl (C=O) groups excluding carboxylic acids is 1. The quantitative estimate of drug-likeness (QED) is 0.138. The number of esters is 1. The first-order valence-electron chi connectivity index (χ1n) is 15.7. The summed E-state index contributed by atoms with van der Waals surface area (Å²) in [6.45, 7) is 7.71. The molecule has 1 aromatic heterocycles. The maximum atomic E-state index is 14.4. The van der Waals surface area contributed by atoms with E-state index in [1.807, 2.05) is 62.4 Å². The molecule has 0 aliphatic carbocycles. The number of rotatable bonds is 10. The van der Waals surface area contributed by atoms with Crippen LogP contribution in [0.25, 0.3) is 16.8 Å². The van der Waals surface area contributed by atoms with E-state index in [4.69, 9.17) is 47.1 Å². The summed E-state index contributed by atoms with van der Waals surface area (Å²) in [6, 6.07) is 21.9. The summed E-state index contributed by atoms with van der Waals surface area (Å²) < 4.78 is 25.2. The number of nitrogens with zero attached hydrogens (tertiary/aromatic N) is 2. The summed E-state index contributed by atoms with van der Waals surface area (Å²) in [5.74, 6) is 0.833. The molecule has 0 amide bonds. The first-order valence-corrected chi connectivity index (χ1v) is 17.3. The topological polar surface area (TPSA) is 88.4 Å². The van der Waals surface area contributed by atoms with Crippen LogP contribution < -0.4 is 29.1 Å². The van der Waals surface area contributed by atoms with Crippen molar-refractivity contribution in [3.05, 3.63) is 130 Å². The van der Waals surface area contributed by atoms with Gasteiger partial charge >= 0.3 is 5.97 Å². The summed E-state index contributed by atoms with van der Waals surface area (Å²) in [5, 5.41) is 2.86. The Labute approximate surface area is 297 Å². The molecule has 0 saturated heterocycles. The van der Waals surface area contributed by atoms with Gasteiger partial charge in [-0.05, 0) is 79.9 Å². The van der Waals surface area contributed by atoms with E-state index in [-0.39, 0.29) is 30.5 Å². The molecule has 11 heteroatoms. The maximum absolute atomic E-state index is 14.4. The minimum Gasteiger partial charge on any atom is -0.493 e. The van der Waals surface area contributed by atoms with Crippen molar-refractivity contribution in [3.8, 4) is 17.2 Å². The molecule has 6 rings (SSSR count). The molecule has 0 fully saturated rings. The third kappa shape index (κ3) is 6.97. The van der Waals surface area contributed by atoms with Crippen LogP contribution in [-0.2, 0) is 16.1 Å². The fourth-order valence-electron chi connectivity index (χ4n) is 5.86. The Bertz CT molecular complexity index is 2290. The zero-order valence-corrected chi connectivity index (χ0v) is 29.9. The van der Waals surface area contributed by atoms with Crippen LogP contribution >= 0.6 is 34.5 Å². The first kappa shape index (κ1) is 34.3. The van der Waals surface area contributed by atoms with Crippen LogP contribution in [0.5, 0.6) is 17.2 Å². The van der Waals surface area contributed by atoms with Crippen LogP contribution in [0.1, 0.15) is 50.4 Å². The zero-order valence-electron chi connectivity index (χ0n) is 27.6. The monoisotopic (exact) mass is 716 g/mol. The molecule has 1 aliphatic heterocycles. The minimum absolute atomic E-state index is 0.0874. The molecular weight excluding hydrogens is 683 g/mol. The third-order valence-electron chi connectivity index (χ3n) is 7.96. The molecule has 0 unspecified atom stereocenters. The Hall–Kier alpha value is -4.57. The van der Waals surface area contributed by atoms with E-state index in [2.05, 4.69) is 0 Å². The van der Waals surface area contributed by atoms with E-state index in [1.54, 1.807) is 51.3 Å². The lowest BCUT2D eigenvalue weighted by molar-refractivity contribution is -0.139. The van der Waals surface area contributed by atoms with Gasteiger partial charge in [0.05, 0.1) is 46.7 Å². The SMILES string of the molecule is CCOC(=O)C1=C(C)N=c2s/c(=C/c3cc(Cl)cc(Cl)c3OCc3cccc4ccccc34)c(=O)n2[C@H]1c1ccc(OC(C)C)c(OC)c1. The normalized spacial score (nSPS) is 14.5. The van der Waals surface area contributed by atoms with Gasteiger partial charge in [0, 0.05) is 10.6 Å². The second kappa shape index (κ2) is 14.5. The molecule has 0 saturated carbocycles. The molecule has 1 aliphatic rings. The molecular formula is C38H34Cl2N2O6S. The van der Waals surface area contributed by atoms with Crippen LogP contribution in [0.2, 0.25) is 10.0 Å². The van der Waals surface area contributed by atoms with E-state index in [9.17, 15) is 9.59 Å². The number of thiazole rings is 1. The second-order valence-electron chi connectivity index (χ2n) is 11.6. The molecule has 8 nitrogen and oxygen atoms in total. The van der Waals surface area contributed by atoms with E-state index in [0.717, 1.165) is 16.3 Å². The van der Waals surface area contributed by atoms with E-state index in [1.165, 1.54) is 15.9 Å². The van der Waals surface area contributed by atoms with Crippen molar-refractivity contribution in [2.24, 2.45) is 4.99 Å². The van der Waals surface area contributed by atoms with Crippen LogP contribution in [-0.4, -0.2) is 30.4 Å². The summed E-state index contributed by atoms with van der Waals surface area (Å²) in [5.41, 5.74) is 2.48. The highest BCUT2D eigenvalue weighted by atomic mass is 35.5. The molecule has 252 valence electrons. The number of carbonyl (C=O) groups is 1. The van der Waals surface area contributed by atoms with Gasteiger partial charge in [-0.15, -0.1) is 0 Å². The zero-order chi connectivity index (χ0) is 34.8. The van der Waals surface area contributed by atoms with Gasteiger partial charge in [0.2, 0.25) is 0 Å². The molecule has 5 aromatic rings. The molecule has 49 heavy (non-hydrogen) atoms. The van der Waals surface area contributed by atoms with Crippen molar-refractivity contribution in [2.45, 2.75) is 46.4 Å². The van der Waals surface area contributed by atoms with Gasteiger partial charge in [-0.3, -0.25) is 9.36 Å². The van der Waals surface area contributed by atoms with Gasteiger partial charge in [-0.2, -0.15) is 0 Å². The third-order valence-corrected chi connectivity index (χ3v) is 9.44. The molecule has 0 bridgehead atoms. The number of ether oxygens (including phenoxy) is 4. The van der Waals surface area contributed by atoms with Gasteiger partial charge in [0.1, 0.15) is 12.4 Å². The predicted octanol–water partition coefficient (Wildman–Crippen LogP) is 7.63. The Balaban J connectivity index is 1.48. The standard InChI is InChI=1S/C38H34Cl2N2O6S/c1-6-46-37(44)33-22(4)41-38-42(34(33)24-14-15-30(48-21(2)3)31(17-24)45-5)36(43)32(49-38)18-26-16-27(39)19-29(40)35(26)47-20-25-12-9-11-23-10-7-8-13-28(23)25/h7-19,21,34H,6,20H2,1-5H3/b32-18+/t34-/m0/s1. The van der Waals surface area contributed by atoms with Crippen LogP contribution in [0.15, 0.2) is 93.9 Å². The van der Waals surface area contributed by atoms with Gasteiger partial charge < -0.3 is 18.9 Å². The van der Waals surface area contributed by atoms with E-state index < -0.39 is 12.0 Å². The molecule has 0 N–H and O–H groups in total.